The monoisotopic (exact) mass is 710 g/mol. The smallest absolute Gasteiger partial charge is 0.340 e. The van der Waals surface area contributed by atoms with Gasteiger partial charge >= 0.3 is 11.9 Å². The molecule has 0 atom stereocenters. The first kappa shape index (κ1) is 39.3. The molecule has 2 N–H and O–H groups in total. The lowest BCUT2D eigenvalue weighted by Gasteiger charge is -2.16. The first-order valence-electron chi connectivity index (χ1n) is 20.0. The number of carbonyl (C=O) groups is 2. The van der Waals surface area contributed by atoms with Crippen molar-refractivity contribution in [1.29, 1.82) is 0 Å². The molecule has 5 heterocycles. The molecule has 52 heavy (non-hydrogen) atoms. The SMILES string of the molecule is CCCCCCCc1c(C(=O)OCC)c2cc3nc(cc4[nH]c(cc5nc(cc1[nH]2)C(C)(C)C5)c(C(=O)OCC)c4CCCCCCC)C(C)(C)C3. The summed E-state index contributed by atoms with van der Waals surface area (Å²) in [6.45, 7) is 17.6. The lowest BCUT2D eigenvalue weighted by Crippen LogP contribution is -2.15. The first-order chi connectivity index (χ1) is 24.9. The number of hydrogen-bond donors (Lipinski definition) is 2. The molecule has 8 bridgehead atoms. The van der Waals surface area contributed by atoms with Gasteiger partial charge in [0, 0.05) is 57.5 Å². The summed E-state index contributed by atoms with van der Waals surface area (Å²) >= 11 is 0. The maximum absolute atomic E-state index is 13.7. The van der Waals surface area contributed by atoms with Gasteiger partial charge in [-0.15, -0.1) is 0 Å². The molecule has 0 fully saturated rings. The summed E-state index contributed by atoms with van der Waals surface area (Å²) < 4.78 is 11.4. The summed E-state index contributed by atoms with van der Waals surface area (Å²) in [7, 11) is 0. The second kappa shape index (κ2) is 17.3. The zero-order valence-corrected chi connectivity index (χ0v) is 33.2. The zero-order valence-electron chi connectivity index (χ0n) is 33.2. The van der Waals surface area contributed by atoms with Crippen LogP contribution >= 0.6 is 0 Å². The van der Waals surface area contributed by atoms with Crippen LogP contribution in [-0.2, 0) is 46.0 Å². The molecule has 0 amide bonds. The van der Waals surface area contributed by atoms with Crippen LogP contribution in [0.4, 0.5) is 0 Å². The van der Waals surface area contributed by atoms with Gasteiger partial charge in [-0.05, 0) is 74.9 Å². The zero-order chi connectivity index (χ0) is 37.5. The molecule has 5 rings (SSSR count). The van der Waals surface area contributed by atoms with Crippen molar-refractivity contribution in [3.63, 3.8) is 0 Å². The molecule has 2 aliphatic rings. The topological polar surface area (TPSA) is 110 Å². The van der Waals surface area contributed by atoms with E-state index in [0.717, 1.165) is 94.5 Å². The van der Waals surface area contributed by atoms with Crippen LogP contribution in [0.1, 0.15) is 174 Å². The van der Waals surface area contributed by atoms with Crippen LogP contribution in [-0.4, -0.2) is 45.1 Å². The molecule has 282 valence electrons. The third kappa shape index (κ3) is 8.98. The number of unbranched alkanes of at least 4 members (excludes halogenated alkanes) is 8. The fraction of sp³-hybridized carbons (Fsp3) is 0.591. The Bertz CT molecular complexity index is 1760. The maximum atomic E-state index is 13.7. The van der Waals surface area contributed by atoms with Gasteiger partial charge in [0.2, 0.25) is 0 Å². The van der Waals surface area contributed by atoms with Crippen LogP contribution in [0.3, 0.4) is 0 Å². The molecule has 3 aromatic rings. The van der Waals surface area contributed by atoms with Gasteiger partial charge in [0.05, 0.1) is 35.4 Å². The maximum Gasteiger partial charge on any atom is 0.340 e. The van der Waals surface area contributed by atoms with Crippen LogP contribution in [0.25, 0.3) is 22.1 Å². The van der Waals surface area contributed by atoms with E-state index in [-0.39, 0.29) is 22.8 Å². The minimum absolute atomic E-state index is 0.270. The van der Waals surface area contributed by atoms with E-state index in [9.17, 15) is 9.59 Å². The molecule has 8 heteroatoms. The van der Waals surface area contributed by atoms with Crippen LogP contribution in [0.2, 0.25) is 0 Å². The van der Waals surface area contributed by atoms with E-state index >= 15 is 0 Å². The average Bonchev–Trinajstić information content (AvgIpc) is 3.76. The molecule has 2 aliphatic heterocycles. The van der Waals surface area contributed by atoms with E-state index in [1.807, 2.05) is 26.0 Å². The second-order valence-electron chi connectivity index (χ2n) is 16.1. The Morgan fingerprint density at radius 1 is 0.577 bits per heavy atom. The van der Waals surface area contributed by atoms with E-state index in [1.165, 1.54) is 38.5 Å². The number of rotatable bonds is 16. The Balaban J connectivity index is 1.84. The van der Waals surface area contributed by atoms with Crippen molar-refractivity contribution in [1.82, 2.24) is 19.9 Å². The Hall–Kier alpha value is -3.94. The van der Waals surface area contributed by atoms with Gasteiger partial charge in [-0.25, -0.2) is 9.59 Å². The van der Waals surface area contributed by atoms with Crippen LogP contribution in [0.5, 0.6) is 0 Å². The Labute approximate surface area is 310 Å². The summed E-state index contributed by atoms with van der Waals surface area (Å²) in [5.41, 5.74) is 9.59. The fourth-order valence-corrected chi connectivity index (χ4v) is 7.83. The van der Waals surface area contributed by atoms with Gasteiger partial charge in [-0.3, -0.25) is 9.97 Å². The number of carbonyl (C=O) groups excluding carboxylic acids is 2. The van der Waals surface area contributed by atoms with Crippen LogP contribution in [0.15, 0.2) is 24.3 Å². The molecule has 0 unspecified atom stereocenters. The minimum atomic E-state index is -0.304. The van der Waals surface area contributed by atoms with E-state index in [2.05, 4.69) is 63.6 Å². The fourth-order valence-electron chi connectivity index (χ4n) is 7.83. The predicted molar refractivity (Wildman–Crippen MR) is 211 cm³/mol. The van der Waals surface area contributed by atoms with Gasteiger partial charge < -0.3 is 19.4 Å². The predicted octanol–water partition coefficient (Wildman–Crippen LogP) is 10.7. The number of H-pyrrole nitrogens is 2. The number of hydrogen-bond acceptors (Lipinski definition) is 6. The van der Waals surface area contributed by atoms with E-state index < -0.39 is 0 Å². The van der Waals surface area contributed by atoms with Gasteiger partial charge in [0.1, 0.15) is 0 Å². The summed E-state index contributed by atoms with van der Waals surface area (Å²) in [4.78, 5) is 45.2. The standard InChI is InChI=1S/C44H62N4O4/c1-9-13-15-17-19-21-31-33-25-37-43(5,6)28-30(45-37)24-36-40(42(50)52-12-4)32(22-20-18-16-14-10-2)34(48-36)26-38-44(7,8)27-29(46-38)23-35(47-33)39(31)41(49)51-11-3/h23-26,47-48H,9-22,27-28H2,1-8H3. The van der Waals surface area contributed by atoms with Gasteiger partial charge in [0.15, 0.2) is 0 Å². The lowest BCUT2D eigenvalue weighted by atomic mass is 9.86. The molecule has 8 nitrogen and oxygen atoms in total. The number of aromatic nitrogens is 4. The van der Waals surface area contributed by atoms with Crippen molar-refractivity contribution in [2.75, 3.05) is 13.2 Å². The van der Waals surface area contributed by atoms with Crippen molar-refractivity contribution < 1.29 is 19.1 Å². The normalized spacial score (nSPS) is 14.8. The third-order valence-electron chi connectivity index (χ3n) is 10.7. The molecular formula is C44H62N4O4. The second-order valence-corrected chi connectivity index (χ2v) is 16.1. The van der Waals surface area contributed by atoms with Crippen LogP contribution < -0.4 is 0 Å². The quantitative estimate of drug-likeness (QED) is 0.113. The highest BCUT2D eigenvalue weighted by Crippen LogP contribution is 2.36. The first-order valence-corrected chi connectivity index (χ1v) is 20.0. The summed E-state index contributed by atoms with van der Waals surface area (Å²) in [5, 5.41) is 0. The summed E-state index contributed by atoms with van der Waals surface area (Å²) in [5.74, 6) is -0.608. The number of nitrogens with zero attached hydrogens (tertiary/aromatic N) is 2. The molecule has 0 spiro atoms. The van der Waals surface area contributed by atoms with E-state index in [0.29, 0.717) is 37.2 Å². The highest BCUT2D eigenvalue weighted by atomic mass is 16.5. The van der Waals surface area contributed by atoms with E-state index in [1.54, 1.807) is 0 Å². The summed E-state index contributed by atoms with van der Waals surface area (Å²) in [6.07, 6.45) is 14.3. The van der Waals surface area contributed by atoms with Gasteiger partial charge in [-0.1, -0.05) is 92.9 Å². The average molecular weight is 711 g/mol. The molecule has 0 radical (unpaired) electrons. The van der Waals surface area contributed by atoms with Crippen molar-refractivity contribution in [2.24, 2.45) is 0 Å². The Morgan fingerprint density at radius 3 is 1.33 bits per heavy atom. The number of nitrogens with one attached hydrogen (secondary N) is 2. The highest BCUT2D eigenvalue weighted by Gasteiger charge is 2.32. The minimum Gasteiger partial charge on any atom is -0.462 e. The van der Waals surface area contributed by atoms with Crippen molar-refractivity contribution >= 4 is 34.0 Å². The number of aryl methyl sites for hydroxylation is 2. The van der Waals surface area contributed by atoms with Crippen molar-refractivity contribution in [3.8, 4) is 0 Å². The molecule has 3 aromatic heterocycles. The summed E-state index contributed by atoms with van der Waals surface area (Å²) in [6, 6.07) is 8.36. The Kier molecular flexibility index (Phi) is 13.0. The van der Waals surface area contributed by atoms with E-state index in [4.69, 9.17) is 19.4 Å². The molecule has 0 aliphatic carbocycles. The largest absolute Gasteiger partial charge is 0.462 e. The van der Waals surface area contributed by atoms with Gasteiger partial charge in [-0.2, -0.15) is 0 Å². The lowest BCUT2D eigenvalue weighted by molar-refractivity contribution is 0.0518. The van der Waals surface area contributed by atoms with Crippen molar-refractivity contribution in [2.45, 2.75) is 156 Å². The molecular weight excluding hydrogens is 649 g/mol. The Morgan fingerprint density at radius 2 is 0.962 bits per heavy atom. The van der Waals surface area contributed by atoms with Crippen LogP contribution in [0, 0.1) is 0 Å². The third-order valence-corrected chi connectivity index (χ3v) is 10.7. The van der Waals surface area contributed by atoms with Gasteiger partial charge in [0.25, 0.3) is 0 Å². The number of aromatic amines is 2. The molecule has 0 aromatic carbocycles. The highest BCUT2D eigenvalue weighted by molar-refractivity contribution is 6.02. The molecule has 0 saturated carbocycles. The number of fused-ring (bicyclic) bond motifs is 8. The van der Waals surface area contributed by atoms with Crippen molar-refractivity contribution in [3.05, 3.63) is 69.3 Å². The number of ether oxygens (including phenoxy) is 2. The number of esters is 2. The molecule has 0 saturated heterocycles.